The summed E-state index contributed by atoms with van der Waals surface area (Å²) in [6, 6.07) is 9.08. The lowest BCUT2D eigenvalue weighted by molar-refractivity contribution is 0.217. The molecule has 0 bridgehead atoms. The van der Waals surface area contributed by atoms with Gasteiger partial charge < -0.3 is 4.57 Å². The SMILES string of the molecule is Cc1ccc2cc(CN3CCCCC3)n(C)c2c1. The predicted octanol–water partition coefficient (Wildman–Crippen LogP) is 3.47. The van der Waals surface area contributed by atoms with E-state index < -0.39 is 0 Å². The minimum absolute atomic E-state index is 1.10. The fourth-order valence-corrected chi connectivity index (χ4v) is 3.00. The van der Waals surface area contributed by atoms with Crippen LogP contribution in [-0.2, 0) is 13.6 Å². The second kappa shape index (κ2) is 4.77. The lowest BCUT2D eigenvalue weighted by Crippen LogP contribution is -2.29. The Morgan fingerprint density at radius 2 is 1.83 bits per heavy atom. The number of fused-ring (bicyclic) bond motifs is 1. The molecule has 3 rings (SSSR count). The third kappa shape index (κ3) is 2.17. The van der Waals surface area contributed by atoms with Crippen LogP contribution in [0.2, 0.25) is 0 Å². The van der Waals surface area contributed by atoms with Gasteiger partial charge in [-0.3, -0.25) is 4.90 Å². The van der Waals surface area contributed by atoms with Crippen LogP contribution in [-0.4, -0.2) is 22.6 Å². The third-order valence-corrected chi connectivity index (χ3v) is 4.13. The summed E-state index contributed by atoms with van der Waals surface area (Å²) < 4.78 is 2.36. The van der Waals surface area contributed by atoms with E-state index >= 15 is 0 Å². The molecule has 0 atom stereocenters. The molecule has 2 nitrogen and oxygen atoms in total. The van der Waals surface area contributed by atoms with Gasteiger partial charge in [0.15, 0.2) is 0 Å². The second-order valence-corrected chi connectivity index (χ2v) is 5.59. The average molecular weight is 242 g/mol. The Morgan fingerprint density at radius 3 is 2.61 bits per heavy atom. The van der Waals surface area contributed by atoms with Crippen LogP contribution in [0.5, 0.6) is 0 Å². The van der Waals surface area contributed by atoms with Gasteiger partial charge >= 0.3 is 0 Å². The molecule has 0 saturated carbocycles. The maximum atomic E-state index is 2.59. The molecule has 1 saturated heterocycles. The third-order valence-electron chi connectivity index (χ3n) is 4.13. The van der Waals surface area contributed by atoms with E-state index in [4.69, 9.17) is 0 Å². The van der Waals surface area contributed by atoms with Crippen LogP contribution >= 0.6 is 0 Å². The smallest absolute Gasteiger partial charge is 0.0482 e. The van der Waals surface area contributed by atoms with Crippen molar-refractivity contribution in [2.24, 2.45) is 7.05 Å². The predicted molar refractivity (Wildman–Crippen MR) is 76.8 cm³/mol. The first-order chi connectivity index (χ1) is 8.74. The van der Waals surface area contributed by atoms with Crippen LogP contribution in [0.1, 0.15) is 30.5 Å². The largest absolute Gasteiger partial charge is 0.346 e. The summed E-state index contributed by atoms with van der Waals surface area (Å²) >= 11 is 0. The molecule has 1 aliphatic heterocycles. The van der Waals surface area contributed by atoms with Crippen LogP contribution in [0.3, 0.4) is 0 Å². The topological polar surface area (TPSA) is 8.17 Å². The summed E-state index contributed by atoms with van der Waals surface area (Å²) in [5.41, 5.74) is 4.15. The first-order valence-electron chi connectivity index (χ1n) is 7.01. The number of rotatable bonds is 2. The van der Waals surface area contributed by atoms with Crippen LogP contribution in [0, 0.1) is 6.92 Å². The highest BCUT2D eigenvalue weighted by Crippen LogP contribution is 2.22. The number of aromatic nitrogens is 1. The number of piperidine rings is 1. The van der Waals surface area contributed by atoms with Crippen LogP contribution in [0.25, 0.3) is 10.9 Å². The molecule has 1 fully saturated rings. The zero-order valence-electron chi connectivity index (χ0n) is 11.4. The van der Waals surface area contributed by atoms with Gasteiger partial charge in [0.25, 0.3) is 0 Å². The van der Waals surface area contributed by atoms with Gasteiger partial charge in [-0.15, -0.1) is 0 Å². The molecule has 1 aromatic carbocycles. The highest BCUT2D eigenvalue weighted by atomic mass is 15.1. The van der Waals surface area contributed by atoms with E-state index in [1.807, 2.05) is 0 Å². The Bertz CT molecular complexity index is 547. The monoisotopic (exact) mass is 242 g/mol. The van der Waals surface area contributed by atoms with Gasteiger partial charge in [0.05, 0.1) is 0 Å². The van der Waals surface area contributed by atoms with Crippen molar-refractivity contribution < 1.29 is 0 Å². The summed E-state index contributed by atoms with van der Waals surface area (Å²) in [5.74, 6) is 0. The molecule has 2 aromatic rings. The summed E-state index contributed by atoms with van der Waals surface area (Å²) in [6.07, 6.45) is 4.14. The number of hydrogen-bond donors (Lipinski definition) is 0. The molecule has 0 amide bonds. The van der Waals surface area contributed by atoms with Gasteiger partial charge in [-0.05, 0) is 55.9 Å². The van der Waals surface area contributed by atoms with E-state index in [9.17, 15) is 0 Å². The Kier molecular flexibility index (Phi) is 3.13. The molecule has 1 aromatic heterocycles. The van der Waals surface area contributed by atoms with Crippen molar-refractivity contribution in [3.8, 4) is 0 Å². The first kappa shape index (κ1) is 11.8. The van der Waals surface area contributed by atoms with Gasteiger partial charge in [-0.1, -0.05) is 18.6 Å². The van der Waals surface area contributed by atoms with Crippen molar-refractivity contribution in [1.82, 2.24) is 9.47 Å². The molecule has 1 aliphatic rings. The van der Waals surface area contributed by atoms with Gasteiger partial charge in [-0.2, -0.15) is 0 Å². The van der Waals surface area contributed by atoms with Gasteiger partial charge in [0, 0.05) is 24.8 Å². The quantitative estimate of drug-likeness (QED) is 0.783. The van der Waals surface area contributed by atoms with Crippen molar-refractivity contribution in [3.63, 3.8) is 0 Å². The van der Waals surface area contributed by atoms with Crippen molar-refractivity contribution in [2.45, 2.75) is 32.7 Å². The molecule has 18 heavy (non-hydrogen) atoms. The average Bonchev–Trinajstić information content (AvgIpc) is 2.68. The first-order valence-corrected chi connectivity index (χ1v) is 7.01. The molecule has 0 spiro atoms. The minimum atomic E-state index is 1.10. The van der Waals surface area contributed by atoms with E-state index in [2.05, 4.69) is 47.7 Å². The fourth-order valence-electron chi connectivity index (χ4n) is 3.00. The number of aryl methyl sites for hydroxylation is 2. The number of benzene rings is 1. The highest BCUT2D eigenvalue weighted by molar-refractivity contribution is 5.81. The second-order valence-electron chi connectivity index (χ2n) is 5.59. The summed E-state index contributed by atoms with van der Waals surface area (Å²) in [7, 11) is 2.20. The molecule has 0 radical (unpaired) electrons. The van der Waals surface area contributed by atoms with Crippen molar-refractivity contribution >= 4 is 10.9 Å². The van der Waals surface area contributed by atoms with E-state index in [-0.39, 0.29) is 0 Å². The molecule has 96 valence electrons. The molecule has 2 heteroatoms. The number of hydrogen-bond acceptors (Lipinski definition) is 1. The van der Waals surface area contributed by atoms with E-state index in [1.165, 1.54) is 54.5 Å². The Balaban J connectivity index is 1.89. The summed E-state index contributed by atoms with van der Waals surface area (Å²) in [6.45, 7) is 5.79. The maximum Gasteiger partial charge on any atom is 0.0482 e. The zero-order valence-corrected chi connectivity index (χ0v) is 11.4. The number of nitrogens with zero attached hydrogens (tertiary/aromatic N) is 2. The van der Waals surface area contributed by atoms with Crippen molar-refractivity contribution in [1.29, 1.82) is 0 Å². The minimum Gasteiger partial charge on any atom is -0.346 e. The van der Waals surface area contributed by atoms with Crippen molar-refractivity contribution in [3.05, 3.63) is 35.5 Å². The molecule has 0 unspecified atom stereocenters. The number of likely N-dealkylation sites (tertiary alicyclic amines) is 1. The maximum absolute atomic E-state index is 2.59. The lowest BCUT2D eigenvalue weighted by Gasteiger charge is -2.26. The molecular formula is C16H22N2. The molecular weight excluding hydrogens is 220 g/mol. The Labute approximate surface area is 109 Å². The van der Waals surface area contributed by atoms with Crippen LogP contribution < -0.4 is 0 Å². The normalized spacial score (nSPS) is 17.4. The van der Waals surface area contributed by atoms with E-state index in [0.29, 0.717) is 0 Å². The summed E-state index contributed by atoms with van der Waals surface area (Å²) in [5, 5.41) is 1.37. The van der Waals surface area contributed by atoms with E-state index in [1.54, 1.807) is 0 Å². The molecule has 0 N–H and O–H groups in total. The van der Waals surface area contributed by atoms with Gasteiger partial charge in [0.1, 0.15) is 0 Å². The van der Waals surface area contributed by atoms with E-state index in [0.717, 1.165) is 6.54 Å². The lowest BCUT2D eigenvalue weighted by atomic mass is 10.1. The van der Waals surface area contributed by atoms with Crippen LogP contribution in [0.15, 0.2) is 24.3 Å². The Hall–Kier alpha value is -1.28. The van der Waals surface area contributed by atoms with Crippen LogP contribution in [0.4, 0.5) is 0 Å². The highest BCUT2D eigenvalue weighted by Gasteiger charge is 2.13. The summed E-state index contributed by atoms with van der Waals surface area (Å²) in [4.78, 5) is 2.59. The standard InChI is InChI=1S/C16H22N2/c1-13-6-7-14-11-15(17(2)16(14)10-13)12-18-8-4-3-5-9-18/h6-7,10-11H,3-5,8-9,12H2,1-2H3. The van der Waals surface area contributed by atoms with Gasteiger partial charge in [0.2, 0.25) is 0 Å². The molecule has 0 aliphatic carbocycles. The zero-order chi connectivity index (χ0) is 12.5. The fraction of sp³-hybridized carbons (Fsp3) is 0.500. The Morgan fingerprint density at radius 1 is 1.06 bits per heavy atom. The van der Waals surface area contributed by atoms with Crippen molar-refractivity contribution in [2.75, 3.05) is 13.1 Å². The molecule has 2 heterocycles. The van der Waals surface area contributed by atoms with Gasteiger partial charge in [-0.25, -0.2) is 0 Å².